The number of halogens is 1. The lowest BCUT2D eigenvalue weighted by Crippen LogP contribution is -1.97. The van der Waals surface area contributed by atoms with Gasteiger partial charge in [-0.3, -0.25) is 0 Å². The third kappa shape index (κ3) is 3.90. The van der Waals surface area contributed by atoms with E-state index in [1.807, 2.05) is 18.2 Å². The molecule has 0 fully saturated rings. The SMILES string of the molecule is Oc1cc(Br)cc2c(-c3ccccc3)c(-c3ccccc3)c(-c3ccccc3)c(-c3ccccc3)c12. The van der Waals surface area contributed by atoms with E-state index in [0.29, 0.717) is 0 Å². The van der Waals surface area contributed by atoms with Gasteiger partial charge < -0.3 is 5.11 Å². The maximum absolute atomic E-state index is 11.5. The predicted molar refractivity (Wildman–Crippen MR) is 155 cm³/mol. The zero-order valence-corrected chi connectivity index (χ0v) is 21.1. The molecule has 1 N–H and O–H groups in total. The molecule has 6 aromatic rings. The standard InChI is InChI=1S/C34H23BrO/c35-27-21-28-30(23-13-5-1-6-14-23)31(24-15-7-2-8-16-24)32(25-17-9-3-10-18-25)33(34(28)29(36)22-27)26-19-11-4-12-20-26/h1-22,36H. The van der Waals surface area contributed by atoms with Gasteiger partial charge in [0.2, 0.25) is 0 Å². The Morgan fingerprint density at radius 2 is 0.778 bits per heavy atom. The molecule has 0 aliphatic carbocycles. The summed E-state index contributed by atoms with van der Waals surface area (Å²) in [6, 6.07) is 45.9. The van der Waals surface area contributed by atoms with E-state index in [1.165, 1.54) is 0 Å². The number of hydrogen-bond acceptors (Lipinski definition) is 1. The molecule has 0 aliphatic rings. The van der Waals surface area contributed by atoms with E-state index in [4.69, 9.17) is 0 Å². The summed E-state index contributed by atoms with van der Waals surface area (Å²) in [5, 5.41) is 13.3. The minimum Gasteiger partial charge on any atom is -0.507 e. The van der Waals surface area contributed by atoms with Crippen LogP contribution in [0, 0.1) is 0 Å². The molecule has 172 valence electrons. The van der Waals surface area contributed by atoms with Crippen LogP contribution in [0.25, 0.3) is 55.3 Å². The summed E-state index contributed by atoms with van der Waals surface area (Å²) in [5.74, 6) is 0.257. The van der Waals surface area contributed by atoms with Gasteiger partial charge in [-0.25, -0.2) is 0 Å². The van der Waals surface area contributed by atoms with Gasteiger partial charge in [-0.05, 0) is 56.5 Å². The monoisotopic (exact) mass is 526 g/mol. The molecular formula is C34H23BrO. The van der Waals surface area contributed by atoms with Crippen LogP contribution in [0.4, 0.5) is 0 Å². The molecule has 6 rings (SSSR count). The van der Waals surface area contributed by atoms with Crippen LogP contribution in [0.3, 0.4) is 0 Å². The molecule has 0 saturated heterocycles. The lowest BCUT2D eigenvalue weighted by atomic mass is 9.79. The van der Waals surface area contributed by atoms with E-state index in [-0.39, 0.29) is 5.75 Å². The molecule has 36 heavy (non-hydrogen) atoms. The number of fused-ring (bicyclic) bond motifs is 1. The summed E-state index contributed by atoms with van der Waals surface area (Å²) in [6.07, 6.45) is 0. The molecule has 0 spiro atoms. The number of aromatic hydroxyl groups is 1. The van der Waals surface area contributed by atoms with Crippen LogP contribution < -0.4 is 0 Å². The zero-order valence-electron chi connectivity index (χ0n) is 19.5. The molecule has 0 saturated carbocycles. The van der Waals surface area contributed by atoms with Crippen molar-refractivity contribution in [2.24, 2.45) is 0 Å². The summed E-state index contributed by atoms with van der Waals surface area (Å²) in [6.45, 7) is 0. The Bertz CT molecular complexity index is 1660. The molecular weight excluding hydrogens is 504 g/mol. The van der Waals surface area contributed by atoms with Crippen molar-refractivity contribution in [2.75, 3.05) is 0 Å². The summed E-state index contributed by atoms with van der Waals surface area (Å²) in [5.41, 5.74) is 8.80. The summed E-state index contributed by atoms with van der Waals surface area (Å²) < 4.78 is 0.843. The van der Waals surface area contributed by atoms with Gasteiger partial charge in [0.1, 0.15) is 5.75 Å². The number of phenols is 1. The third-order valence-corrected chi connectivity index (χ3v) is 7.06. The average molecular weight is 527 g/mol. The number of rotatable bonds is 4. The molecule has 6 aromatic carbocycles. The highest BCUT2D eigenvalue weighted by atomic mass is 79.9. The average Bonchev–Trinajstić information content (AvgIpc) is 2.93. The van der Waals surface area contributed by atoms with Crippen molar-refractivity contribution >= 4 is 26.7 Å². The first-order valence-electron chi connectivity index (χ1n) is 12.0. The Kier molecular flexibility index (Phi) is 5.88. The third-order valence-electron chi connectivity index (χ3n) is 6.60. The topological polar surface area (TPSA) is 20.2 Å². The van der Waals surface area contributed by atoms with Crippen molar-refractivity contribution in [1.29, 1.82) is 0 Å². The first-order valence-corrected chi connectivity index (χ1v) is 12.8. The highest BCUT2D eigenvalue weighted by molar-refractivity contribution is 9.10. The van der Waals surface area contributed by atoms with Gasteiger partial charge in [-0.2, -0.15) is 0 Å². The van der Waals surface area contributed by atoms with Crippen molar-refractivity contribution in [2.45, 2.75) is 0 Å². The first kappa shape index (κ1) is 22.3. The molecule has 0 heterocycles. The Morgan fingerprint density at radius 3 is 1.22 bits per heavy atom. The molecule has 0 aliphatic heterocycles. The fourth-order valence-electron chi connectivity index (χ4n) is 5.15. The van der Waals surface area contributed by atoms with Gasteiger partial charge in [0, 0.05) is 15.4 Å². The van der Waals surface area contributed by atoms with Crippen LogP contribution >= 0.6 is 15.9 Å². The predicted octanol–water partition coefficient (Wildman–Crippen LogP) is 9.98. The lowest BCUT2D eigenvalue weighted by Gasteiger charge is -2.25. The highest BCUT2D eigenvalue weighted by Gasteiger charge is 2.25. The fourth-order valence-corrected chi connectivity index (χ4v) is 5.59. The Morgan fingerprint density at radius 1 is 0.417 bits per heavy atom. The van der Waals surface area contributed by atoms with Gasteiger partial charge in [0.15, 0.2) is 0 Å². The van der Waals surface area contributed by atoms with Crippen LogP contribution in [0.5, 0.6) is 5.75 Å². The van der Waals surface area contributed by atoms with Crippen LogP contribution in [0.2, 0.25) is 0 Å². The molecule has 0 unspecified atom stereocenters. The van der Waals surface area contributed by atoms with Crippen molar-refractivity contribution in [1.82, 2.24) is 0 Å². The lowest BCUT2D eigenvalue weighted by molar-refractivity contribution is 0.481. The summed E-state index contributed by atoms with van der Waals surface area (Å²) in [7, 11) is 0. The Hall–Kier alpha value is -4.14. The molecule has 0 amide bonds. The van der Waals surface area contributed by atoms with Crippen LogP contribution in [0.15, 0.2) is 138 Å². The van der Waals surface area contributed by atoms with Crippen molar-refractivity contribution in [3.63, 3.8) is 0 Å². The normalized spacial score (nSPS) is 11.0. The van der Waals surface area contributed by atoms with E-state index in [1.54, 1.807) is 6.07 Å². The largest absolute Gasteiger partial charge is 0.507 e. The van der Waals surface area contributed by atoms with Crippen LogP contribution in [-0.4, -0.2) is 5.11 Å². The second-order valence-electron chi connectivity index (χ2n) is 8.81. The maximum atomic E-state index is 11.5. The zero-order chi connectivity index (χ0) is 24.5. The molecule has 0 bridgehead atoms. The second-order valence-corrected chi connectivity index (χ2v) is 9.73. The van der Waals surface area contributed by atoms with Crippen molar-refractivity contribution in [3.8, 4) is 50.3 Å². The van der Waals surface area contributed by atoms with Crippen LogP contribution in [-0.2, 0) is 0 Å². The molecule has 2 heteroatoms. The van der Waals surface area contributed by atoms with E-state index >= 15 is 0 Å². The molecule has 1 nitrogen and oxygen atoms in total. The highest BCUT2D eigenvalue weighted by Crippen LogP contribution is 2.53. The summed E-state index contributed by atoms with van der Waals surface area (Å²) >= 11 is 3.66. The van der Waals surface area contributed by atoms with E-state index < -0.39 is 0 Å². The van der Waals surface area contributed by atoms with E-state index in [2.05, 4.69) is 125 Å². The van der Waals surface area contributed by atoms with Gasteiger partial charge in [0.25, 0.3) is 0 Å². The molecule has 0 radical (unpaired) electrons. The first-order chi connectivity index (χ1) is 17.7. The minimum absolute atomic E-state index is 0.257. The number of benzene rings is 6. The number of hydrogen-bond donors (Lipinski definition) is 1. The van der Waals surface area contributed by atoms with Gasteiger partial charge in [-0.15, -0.1) is 0 Å². The van der Waals surface area contributed by atoms with Crippen molar-refractivity contribution < 1.29 is 5.11 Å². The Labute approximate surface area is 219 Å². The van der Waals surface area contributed by atoms with Gasteiger partial charge in [0.05, 0.1) is 0 Å². The number of phenolic OH excluding ortho intramolecular Hbond substituents is 1. The smallest absolute Gasteiger partial charge is 0.125 e. The fraction of sp³-hybridized carbons (Fsp3) is 0. The Balaban J connectivity index is 1.94. The maximum Gasteiger partial charge on any atom is 0.125 e. The molecule has 0 atom stereocenters. The van der Waals surface area contributed by atoms with E-state index in [9.17, 15) is 5.11 Å². The quantitative estimate of drug-likeness (QED) is 0.242. The van der Waals surface area contributed by atoms with Crippen molar-refractivity contribution in [3.05, 3.63) is 138 Å². The minimum atomic E-state index is 0.257. The second kappa shape index (κ2) is 9.49. The summed E-state index contributed by atoms with van der Waals surface area (Å²) in [4.78, 5) is 0. The van der Waals surface area contributed by atoms with Gasteiger partial charge >= 0.3 is 0 Å². The van der Waals surface area contributed by atoms with Crippen LogP contribution in [0.1, 0.15) is 0 Å². The van der Waals surface area contributed by atoms with Gasteiger partial charge in [-0.1, -0.05) is 137 Å². The van der Waals surface area contributed by atoms with E-state index in [0.717, 1.165) is 59.8 Å². The molecule has 0 aromatic heterocycles.